The van der Waals surface area contributed by atoms with Gasteiger partial charge in [0.25, 0.3) is 0 Å². The lowest BCUT2D eigenvalue weighted by Crippen LogP contribution is -2.22. The second-order valence-corrected chi connectivity index (χ2v) is 5.73. The summed E-state index contributed by atoms with van der Waals surface area (Å²) < 4.78 is 10.9. The Labute approximate surface area is 143 Å². The molecule has 0 aliphatic carbocycles. The first-order valence-corrected chi connectivity index (χ1v) is 7.76. The minimum absolute atomic E-state index is 0.0792. The third-order valence-electron chi connectivity index (χ3n) is 3.20. The summed E-state index contributed by atoms with van der Waals surface area (Å²) in [5.41, 5.74) is 1.29. The number of hydrogen-bond donors (Lipinski definition) is 2. The van der Waals surface area contributed by atoms with E-state index in [0.29, 0.717) is 46.1 Å². The van der Waals surface area contributed by atoms with Gasteiger partial charge in [-0.15, -0.1) is 0 Å². The Balaban J connectivity index is 1.59. The summed E-state index contributed by atoms with van der Waals surface area (Å²) in [6.45, 7) is 1.11. The Morgan fingerprint density at radius 1 is 1.04 bits per heavy atom. The molecule has 0 radical (unpaired) electrons. The maximum absolute atomic E-state index is 12.0. The van der Waals surface area contributed by atoms with Crippen LogP contribution in [0.2, 0.25) is 10.0 Å². The van der Waals surface area contributed by atoms with E-state index in [1.54, 1.807) is 36.4 Å². The lowest BCUT2D eigenvalue weighted by Gasteiger charge is -2.19. The summed E-state index contributed by atoms with van der Waals surface area (Å²) in [4.78, 5) is 12.0. The van der Waals surface area contributed by atoms with Gasteiger partial charge in [0, 0.05) is 16.8 Å². The number of hydrogen-bond acceptors (Lipinski definition) is 4. The lowest BCUT2D eigenvalue weighted by atomic mass is 10.2. The van der Waals surface area contributed by atoms with E-state index >= 15 is 0 Å². The van der Waals surface area contributed by atoms with Crippen molar-refractivity contribution in [3.05, 3.63) is 46.4 Å². The molecule has 0 aromatic heterocycles. The number of benzene rings is 2. The van der Waals surface area contributed by atoms with Gasteiger partial charge in [-0.2, -0.15) is 0 Å². The molecule has 1 heterocycles. The van der Waals surface area contributed by atoms with Crippen molar-refractivity contribution >= 4 is 40.5 Å². The third-order valence-corrected chi connectivity index (χ3v) is 3.74. The van der Waals surface area contributed by atoms with Crippen molar-refractivity contribution < 1.29 is 14.3 Å². The molecule has 7 heteroatoms. The van der Waals surface area contributed by atoms with Crippen molar-refractivity contribution in [2.75, 3.05) is 30.4 Å². The smallest absolute Gasteiger partial charge is 0.243 e. The summed E-state index contributed by atoms with van der Waals surface area (Å²) in [6, 6.07) is 10.3. The Morgan fingerprint density at radius 2 is 1.83 bits per heavy atom. The normalized spacial score (nSPS) is 12.6. The van der Waals surface area contributed by atoms with Crippen LogP contribution >= 0.6 is 23.2 Å². The fraction of sp³-hybridized carbons (Fsp3) is 0.188. The van der Waals surface area contributed by atoms with E-state index in [1.807, 2.05) is 0 Å². The Kier molecular flexibility index (Phi) is 4.79. The second kappa shape index (κ2) is 6.98. The molecule has 0 saturated carbocycles. The molecule has 0 unspecified atom stereocenters. The molecule has 2 N–H and O–H groups in total. The molecule has 23 heavy (non-hydrogen) atoms. The first-order valence-electron chi connectivity index (χ1n) is 7.00. The average molecular weight is 353 g/mol. The van der Waals surface area contributed by atoms with E-state index in [1.165, 1.54) is 0 Å². The molecule has 3 rings (SSSR count). The number of amides is 1. The van der Waals surface area contributed by atoms with Crippen LogP contribution < -0.4 is 20.1 Å². The van der Waals surface area contributed by atoms with Gasteiger partial charge < -0.3 is 20.1 Å². The first-order chi connectivity index (χ1) is 11.1. The fourth-order valence-electron chi connectivity index (χ4n) is 2.13. The highest BCUT2D eigenvalue weighted by atomic mass is 35.5. The zero-order valence-electron chi connectivity index (χ0n) is 12.1. The van der Waals surface area contributed by atoms with Crippen LogP contribution in [0, 0.1) is 0 Å². The van der Waals surface area contributed by atoms with Crippen LogP contribution in [-0.4, -0.2) is 25.7 Å². The average Bonchev–Trinajstić information content (AvgIpc) is 2.54. The van der Waals surface area contributed by atoms with Crippen LogP contribution in [0.4, 0.5) is 11.4 Å². The second-order valence-electron chi connectivity index (χ2n) is 4.88. The van der Waals surface area contributed by atoms with Crippen LogP contribution in [0.3, 0.4) is 0 Å². The highest BCUT2D eigenvalue weighted by molar-refractivity contribution is 6.36. The molecule has 0 atom stereocenters. The quantitative estimate of drug-likeness (QED) is 0.878. The van der Waals surface area contributed by atoms with Crippen molar-refractivity contribution in [1.82, 2.24) is 0 Å². The predicted molar refractivity (Wildman–Crippen MR) is 91.0 cm³/mol. The molecule has 2 aromatic rings. The number of carbonyl (C=O) groups is 1. The van der Waals surface area contributed by atoms with E-state index in [9.17, 15) is 4.79 Å². The van der Waals surface area contributed by atoms with Crippen molar-refractivity contribution in [2.45, 2.75) is 0 Å². The Morgan fingerprint density at radius 3 is 2.61 bits per heavy atom. The molecular weight excluding hydrogens is 339 g/mol. The Bertz CT molecular complexity index is 737. The van der Waals surface area contributed by atoms with E-state index in [-0.39, 0.29) is 12.5 Å². The number of nitrogens with one attached hydrogen (secondary N) is 2. The van der Waals surface area contributed by atoms with Gasteiger partial charge in [-0.1, -0.05) is 23.2 Å². The maximum atomic E-state index is 12.0. The van der Waals surface area contributed by atoms with Gasteiger partial charge in [-0.05, 0) is 30.3 Å². The van der Waals surface area contributed by atoms with Crippen LogP contribution in [0.25, 0.3) is 0 Å². The molecule has 5 nitrogen and oxygen atoms in total. The van der Waals surface area contributed by atoms with Crippen LogP contribution in [0.5, 0.6) is 11.5 Å². The van der Waals surface area contributed by atoms with Crippen LogP contribution in [0.1, 0.15) is 0 Å². The fourth-order valence-corrected chi connectivity index (χ4v) is 2.61. The minimum Gasteiger partial charge on any atom is -0.486 e. The largest absolute Gasteiger partial charge is 0.486 e. The molecule has 0 saturated heterocycles. The van der Waals surface area contributed by atoms with E-state index in [2.05, 4.69) is 10.6 Å². The minimum atomic E-state index is -0.201. The van der Waals surface area contributed by atoms with Gasteiger partial charge in [0.2, 0.25) is 5.91 Å². The Hall–Kier alpha value is -2.11. The standard InChI is InChI=1S/C16H14Cl2N2O3/c17-10-1-3-13(12(18)7-10)19-9-16(21)20-11-2-4-14-15(8-11)23-6-5-22-14/h1-4,7-8,19H,5-6,9H2,(H,20,21). The number of fused-ring (bicyclic) bond motifs is 1. The topological polar surface area (TPSA) is 59.6 Å². The first kappa shape index (κ1) is 15.8. The number of ether oxygens (including phenoxy) is 2. The molecule has 1 amide bonds. The van der Waals surface area contributed by atoms with Crippen LogP contribution in [0.15, 0.2) is 36.4 Å². The lowest BCUT2D eigenvalue weighted by molar-refractivity contribution is -0.114. The highest BCUT2D eigenvalue weighted by Gasteiger charge is 2.13. The zero-order chi connectivity index (χ0) is 16.2. The van der Waals surface area contributed by atoms with Crippen molar-refractivity contribution in [1.29, 1.82) is 0 Å². The molecular formula is C16H14Cl2N2O3. The molecule has 0 bridgehead atoms. The number of rotatable bonds is 4. The van der Waals surface area contributed by atoms with E-state index in [0.717, 1.165) is 0 Å². The summed E-state index contributed by atoms with van der Waals surface area (Å²) in [5.74, 6) is 1.11. The molecule has 0 spiro atoms. The highest BCUT2D eigenvalue weighted by Crippen LogP contribution is 2.32. The monoisotopic (exact) mass is 352 g/mol. The summed E-state index contributed by atoms with van der Waals surface area (Å²) >= 11 is 11.9. The van der Waals surface area contributed by atoms with Crippen LogP contribution in [-0.2, 0) is 4.79 Å². The van der Waals surface area contributed by atoms with E-state index < -0.39 is 0 Å². The molecule has 1 aliphatic rings. The molecule has 120 valence electrons. The van der Waals surface area contributed by atoms with Crippen molar-refractivity contribution in [3.63, 3.8) is 0 Å². The molecule has 0 fully saturated rings. The zero-order valence-corrected chi connectivity index (χ0v) is 13.6. The molecule has 2 aromatic carbocycles. The van der Waals surface area contributed by atoms with Crippen molar-refractivity contribution in [2.24, 2.45) is 0 Å². The summed E-state index contributed by atoms with van der Waals surface area (Å²) in [7, 11) is 0. The summed E-state index contributed by atoms with van der Waals surface area (Å²) in [6.07, 6.45) is 0. The number of halogens is 2. The summed E-state index contributed by atoms with van der Waals surface area (Å²) in [5, 5.41) is 6.76. The van der Waals surface area contributed by atoms with Gasteiger partial charge in [0.1, 0.15) is 13.2 Å². The van der Waals surface area contributed by atoms with Gasteiger partial charge in [-0.25, -0.2) is 0 Å². The van der Waals surface area contributed by atoms with Gasteiger partial charge in [-0.3, -0.25) is 4.79 Å². The number of anilines is 2. The van der Waals surface area contributed by atoms with Gasteiger partial charge in [0.15, 0.2) is 11.5 Å². The van der Waals surface area contributed by atoms with Gasteiger partial charge >= 0.3 is 0 Å². The number of carbonyl (C=O) groups excluding carboxylic acids is 1. The molecule has 1 aliphatic heterocycles. The SMILES string of the molecule is O=C(CNc1ccc(Cl)cc1Cl)Nc1ccc2c(c1)OCCO2. The van der Waals surface area contributed by atoms with Crippen molar-refractivity contribution in [3.8, 4) is 11.5 Å². The maximum Gasteiger partial charge on any atom is 0.243 e. The predicted octanol–water partition coefficient (Wildman–Crippen LogP) is 3.82. The van der Waals surface area contributed by atoms with E-state index in [4.69, 9.17) is 32.7 Å². The third kappa shape index (κ3) is 4.00. The van der Waals surface area contributed by atoms with Gasteiger partial charge in [0.05, 0.1) is 17.3 Å².